The van der Waals surface area contributed by atoms with Crippen LogP contribution < -0.4 is 5.73 Å². The Hall–Kier alpha value is -0.900. The molecule has 1 heterocycles. The molecule has 2 aromatic rings. The average Bonchev–Trinajstić information content (AvgIpc) is 2.85. The first-order valence-electron chi connectivity index (χ1n) is 6.36. The largest absolute Gasteiger partial charge is 0.327 e. The quantitative estimate of drug-likeness (QED) is 0.818. The summed E-state index contributed by atoms with van der Waals surface area (Å²) >= 11 is 5.27. The van der Waals surface area contributed by atoms with Crippen molar-refractivity contribution < 1.29 is 0 Å². The van der Waals surface area contributed by atoms with Crippen LogP contribution in [0, 0.1) is 5.92 Å². The molecular weight excluding hydrogens is 318 g/mol. The predicted octanol–water partition coefficient (Wildman–Crippen LogP) is 5.18. The van der Waals surface area contributed by atoms with E-state index in [9.17, 15) is 0 Å². The first-order chi connectivity index (χ1) is 9.10. The predicted molar refractivity (Wildman–Crippen MR) is 89.3 cm³/mol. The van der Waals surface area contributed by atoms with E-state index >= 15 is 0 Å². The summed E-state index contributed by atoms with van der Waals surface area (Å²) in [6.45, 7) is 4.99. The second-order valence-electron chi connectivity index (χ2n) is 4.79. The number of hydrogen-bond donors (Lipinski definition) is 1. The van der Waals surface area contributed by atoms with Crippen molar-refractivity contribution in [2.24, 2.45) is 11.7 Å². The van der Waals surface area contributed by atoms with E-state index in [-0.39, 0.29) is 0 Å². The molecule has 0 radical (unpaired) electrons. The molecule has 0 amide bonds. The standard InChI is InChI=1S/C16H18BrNS/c1-11(2)13(10-18)9-15-7-8-16(19-15)12-3-5-14(17)6-4-12/h3-9,11H,10,18H2,1-2H3. The molecule has 1 aromatic heterocycles. The number of nitrogens with two attached hydrogens (primary N) is 1. The van der Waals surface area contributed by atoms with E-state index in [1.54, 1.807) is 11.3 Å². The summed E-state index contributed by atoms with van der Waals surface area (Å²) in [6.07, 6.45) is 2.22. The van der Waals surface area contributed by atoms with Gasteiger partial charge in [-0.25, -0.2) is 0 Å². The molecule has 100 valence electrons. The Morgan fingerprint density at radius 3 is 2.47 bits per heavy atom. The summed E-state index contributed by atoms with van der Waals surface area (Å²) in [6, 6.07) is 12.8. The molecule has 0 aliphatic carbocycles. The molecule has 0 aliphatic rings. The molecule has 0 aliphatic heterocycles. The van der Waals surface area contributed by atoms with E-state index in [2.05, 4.69) is 72.3 Å². The van der Waals surface area contributed by atoms with Crippen molar-refractivity contribution in [3.63, 3.8) is 0 Å². The van der Waals surface area contributed by atoms with Crippen molar-refractivity contribution in [1.29, 1.82) is 0 Å². The lowest BCUT2D eigenvalue weighted by molar-refractivity contribution is 0.753. The van der Waals surface area contributed by atoms with Gasteiger partial charge in [0.05, 0.1) is 0 Å². The van der Waals surface area contributed by atoms with Gasteiger partial charge in [-0.1, -0.05) is 47.5 Å². The zero-order chi connectivity index (χ0) is 13.8. The van der Waals surface area contributed by atoms with Crippen LogP contribution in [0.5, 0.6) is 0 Å². The maximum absolute atomic E-state index is 5.79. The first-order valence-corrected chi connectivity index (χ1v) is 7.97. The van der Waals surface area contributed by atoms with Gasteiger partial charge in [-0.15, -0.1) is 11.3 Å². The third-order valence-electron chi connectivity index (χ3n) is 3.06. The summed E-state index contributed by atoms with van der Waals surface area (Å²) in [5.41, 5.74) is 8.34. The number of thiophene rings is 1. The molecule has 0 saturated carbocycles. The fraction of sp³-hybridized carbons (Fsp3) is 0.250. The third-order valence-corrected chi connectivity index (χ3v) is 4.67. The van der Waals surface area contributed by atoms with Gasteiger partial charge in [0, 0.05) is 20.8 Å². The maximum atomic E-state index is 5.79. The van der Waals surface area contributed by atoms with Crippen LogP contribution in [0.2, 0.25) is 0 Å². The summed E-state index contributed by atoms with van der Waals surface area (Å²) in [5.74, 6) is 0.503. The summed E-state index contributed by atoms with van der Waals surface area (Å²) < 4.78 is 1.11. The Morgan fingerprint density at radius 2 is 1.89 bits per heavy atom. The van der Waals surface area contributed by atoms with Gasteiger partial charge >= 0.3 is 0 Å². The van der Waals surface area contributed by atoms with Crippen molar-refractivity contribution in [3.8, 4) is 10.4 Å². The van der Waals surface area contributed by atoms with Crippen molar-refractivity contribution >= 4 is 33.3 Å². The minimum atomic E-state index is 0.503. The van der Waals surface area contributed by atoms with Crippen LogP contribution in [0.15, 0.2) is 46.4 Å². The molecule has 1 nitrogen and oxygen atoms in total. The van der Waals surface area contributed by atoms with Gasteiger partial charge in [-0.3, -0.25) is 0 Å². The van der Waals surface area contributed by atoms with Crippen molar-refractivity contribution in [2.75, 3.05) is 6.54 Å². The van der Waals surface area contributed by atoms with Gasteiger partial charge in [0.2, 0.25) is 0 Å². The zero-order valence-corrected chi connectivity index (χ0v) is 13.6. The summed E-state index contributed by atoms with van der Waals surface area (Å²) in [7, 11) is 0. The molecule has 3 heteroatoms. The van der Waals surface area contributed by atoms with Crippen molar-refractivity contribution in [3.05, 3.63) is 51.3 Å². The van der Waals surface area contributed by atoms with Crippen LogP contribution in [0.3, 0.4) is 0 Å². The smallest absolute Gasteiger partial charge is 0.0349 e. The number of benzene rings is 1. The highest BCUT2D eigenvalue weighted by molar-refractivity contribution is 9.10. The topological polar surface area (TPSA) is 26.0 Å². The lowest BCUT2D eigenvalue weighted by Gasteiger charge is -2.07. The average molecular weight is 336 g/mol. The second kappa shape index (κ2) is 6.51. The van der Waals surface area contributed by atoms with Crippen LogP contribution >= 0.6 is 27.3 Å². The fourth-order valence-electron chi connectivity index (χ4n) is 1.84. The fourth-order valence-corrected chi connectivity index (χ4v) is 3.10. The lowest BCUT2D eigenvalue weighted by atomic mass is 10.0. The molecule has 0 bridgehead atoms. The number of hydrogen-bond acceptors (Lipinski definition) is 2. The molecule has 1 aromatic carbocycles. The number of halogens is 1. The van der Waals surface area contributed by atoms with E-state index in [0.717, 1.165) is 4.47 Å². The van der Waals surface area contributed by atoms with E-state index in [1.807, 2.05) is 0 Å². The Morgan fingerprint density at radius 1 is 1.21 bits per heavy atom. The SMILES string of the molecule is CC(C)C(=Cc1ccc(-c2ccc(Br)cc2)s1)CN. The van der Waals surface area contributed by atoms with Gasteiger partial charge < -0.3 is 5.73 Å². The van der Waals surface area contributed by atoms with E-state index < -0.39 is 0 Å². The Bertz CT molecular complexity index is 567. The van der Waals surface area contributed by atoms with E-state index in [1.165, 1.54) is 20.9 Å². The Kier molecular flexibility index (Phi) is 4.97. The van der Waals surface area contributed by atoms with Crippen molar-refractivity contribution in [2.45, 2.75) is 13.8 Å². The summed E-state index contributed by atoms with van der Waals surface area (Å²) in [4.78, 5) is 2.56. The highest BCUT2D eigenvalue weighted by Gasteiger charge is 2.04. The van der Waals surface area contributed by atoms with Crippen LogP contribution in [-0.4, -0.2) is 6.54 Å². The Balaban J connectivity index is 2.26. The molecule has 2 rings (SSSR count). The number of rotatable bonds is 4. The van der Waals surface area contributed by atoms with E-state index in [0.29, 0.717) is 12.5 Å². The molecule has 0 unspecified atom stereocenters. The Labute approximate surface area is 127 Å². The zero-order valence-electron chi connectivity index (χ0n) is 11.2. The molecule has 0 spiro atoms. The van der Waals surface area contributed by atoms with Crippen LogP contribution in [0.1, 0.15) is 18.7 Å². The minimum Gasteiger partial charge on any atom is -0.327 e. The van der Waals surface area contributed by atoms with E-state index in [4.69, 9.17) is 5.73 Å². The third kappa shape index (κ3) is 3.78. The monoisotopic (exact) mass is 335 g/mol. The van der Waals surface area contributed by atoms with Gasteiger partial charge in [0.15, 0.2) is 0 Å². The normalized spacial score (nSPS) is 12.2. The van der Waals surface area contributed by atoms with Crippen LogP contribution in [0.25, 0.3) is 16.5 Å². The molecule has 2 N–H and O–H groups in total. The summed E-state index contributed by atoms with van der Waals surface area (Å²) in [5, 5.41) is 0. The first kappa shape index (κ1) is 14.5. The van der Waals surface area contributed by atoms with Crippen LogP contribution in [0.4, 0.5) is 0 Å². The van der Waals surface area contributed by atoms with Gasteiger partial charge in [0.25, 0.3) is 0 Å². The lowest BCUT2D eigenvalue weighted by Crippen LogP contribution is -2.07. The highest BCUT2D eigenvalue weighted by atomic mass is 79.9. The minimum absolute atomic E-state index is 0.503. The second-order valence-corrected chi connectivity index (χ2v) is 6.82. The molecule has 0 atom stereocenters. The van der Waals surface area contributed by atoms with Gasteiger partial charge in [-0.2, -0.15) is 0 Å². The molecule has 19 heavy (non-hydrogen) atoms. The van der Waals surface area contributed by atoms with Crippen molar-refractivity contribution in [1.82, 2.24) is 0 Å². The van der Waals surface area contributed by atoms with Crippen LogP contribution in [-0.2, 0) is 0 Å². The van der Waals surface area contributed by atoms with Gasteiger partial charge in [0.1, 0.15) is 0 Å². The highest BCUT2D eigenvalue weighted by Crippen LogP contribution is 2.30. The molecular formula is C16H18BrNS. The maximum Gasteiger partial charge on any atom is 0.0349 e. The molecule has 0 saturated heterocycles. The molecule has 0 fully saturated rings. The van der Waals surface area contributed by atoms with Gasteiger partial charge in [-0.05, 0) is 41.8 Å².